The number of rotatable bonds is 5. The van der Waals surface area contributed by atoms with E-state index < -0.39 is 0 Å². The summed E-state index contributed by atoms with van der Waals surface area (Å²) in [5.41, 5.74) is 1.98. The number of hydrogen-bond acceptors (Lipinski definition) is 3. The van der Waals surface area contributed by atoms with Crippen LogP contribution >= 0.6 is 0 Å². The van der Waals surface area contributed by atoms with Gasteiger partial charge in [0.2, 0.25) is 11.8 Å². The molecule has 0 saturated carbocycles. The van der Waals surface area contributed by atoms with Crippen molar-refractivity contribution in [3.8, 4) is 0 Å². The molecule has 0 aliphatic carbocycles. The third-order valence-electron chi connectivity index (χ3n) is 1.31. The summed E-state index contributed by atoms with van der Waals surface area (Å²) in [5, 5.41) is 2.59. The SMILES string of the molecule is CCCC(=O)NCCC(=O)NN. The molecular weight excluding hydrogens is 158 g/mol. The van der Waals surface area contributed by atoms with Crippen LogP contribution in [0, 0.1) is 0 Å². The van der Waals surface area contributed by atoms with E-state index in [1.54, 1.807) is 0 Å². The number of nitrogens with one attached hydrogen (secondary N) is 2. The quantitative estimate of drug-likeness (QED) is 0.291. The lowest BCUT2D eigenvalue weighted by Gasteiger charge is -2.02. The van der Waals surface area contributed by atoms with Crippen LogP contribution in [0.25, 0.3) is 0 Å². The fourth-order valence-corrected chi connectivity index (χ4v) is 0.703. The molecule has 0 fully saturated rings. The number of hydrogen-bond donors (Lipinski definition) is 3. The molecule has 70 valence electrons. The van der Waals surface area contributed by atoms with Crippen molar-refractivity contribution in [1.82, 2.24) is 10.7 Å². The Kier molecular flexibility index (Phi) is 6.00. The number of carbonyl (C=O) groups excluding carboxylic acids is 2. The maximum atomic E-state index is 10.8. The molecule has 12 heavy (non-hydrogen) atoms. The number of carbonyl (C=O) groups is 2. The fourth-order valence-electron chi connectivity index (χ4n) is 0.703. The molecule has 0 atom stereocenters. The second-order valence-electron chi connectivity index (χ2n) is 2.42. The Balaban J connectivity index is 3.30. The van der Waals surface area contributed by atoms with E-state index in [9.17, 15) is 9.59 Å². The van der Waals surface area contributed by atoms with Crippen LogP contribution in [-0.4, -0.2) is 18.4 Å². The number of hydrazine groups is 1. The Bertz CT molecular complexity index is 159. The summed E-state index contributed by atoms with van der Waals surface area (Å²) >= 11 is 0. The van der Waals surface area contributed by atoms with Gasteiger partial charge in [0.05, 0.1) is 0 Å². The largest absolute Gasteiger partial charge is 0.356 e. The van der Waals surface area contributed by atoms with Crippen LogP contribution in [0.15, 0.2) is 0 Å². The van der Waals surface area contributed by atoms with Crippen molar-refractivity contribution in [3.05, 3.63) is 0 Å². The molecule has 0 aliphatic rings. The summed E-state index contributed by atoms with van der Waals surface area (Å²) < 4.78 is 0. The molecule has 4 N–H and O–H groups in total. The van der Waals surface area contributed by atoms with Gasteiger partial charge in [0.25, 0.3) is 0 Å². The summed E-state index contributed by atoms with van der Waals surface area (Å²) in [7, 11) is 0. The highest BCUT2D eigenvalue weighted by Crippen LogP contribution is 1.85. The third-order valence-corrected chi connectivity index (χ3v) is 1.31. The van der Waals surface area contributed by atoms with Crippen LogP contribution in [0.4, 0.5) is 0 Å². The van der Waals surface area contributed by atoms with Gasteiger partial charge < -0.3 is 5.32 Å². The average molecular weight is 173 g/mol. The van der Waals surface area contributed by atoms with Crippen LogP contribution in [0.1, 0.15) is 26.2 Å². The fraction of sp³-hybridized carbons (Fsp3) is 0.714. The number of nitrogens with two attached hydrogens (primary N) is 1. The van der Waals surface area contributed by atoms with E-state index >= 15 is 0 Å². The minimum Gasteiger partial charge on any atom is -0.356 e. The monoisotopic (exact) mass is 173 g/mol. The van der Waals surface area contributed by atoms with Gasteiger partial charge in [0.15, 0.2) is 0 Å². The van der Waals surface area contributed by atoms with E-state index in [4.69, 9.17) is 5.84 Å². The van der Waals surface area contributed by atoms with Crippen LogP contribution in [0.3, 0.4) is 0 Å². The average Bonchev–Trinajstić information content (AvgIpc) is 2.04. The highest BCUT2D eigenvalue weighted by atomic mass is 16.2. The summed E-state index contributed by atoms with van der Waals surface area (Å²) in [5.74, 6) is 4.54. The molecular formula is C7H15N3O2. The Morgan fingerprint density at radius 2 is 1.92 bits per heavy atom. The predicted octanol–water partition coefficient (Wildman–Crippen LogP) is -0.717. The maximum Gasteiger partial charge on any atom is 0.235 e. The molecule has 0 radical (unpaired) electrons. The Morgan fingerprint density at radius 1 is 1.25 bits per heavy atom. The van der Waals surface area contributed by atoms with E-state index in [0.717, 1.165) is 6.42 Å². The van der Waals surface area contributed by atoms with Crippen molar-refractivity contribution in [2.75, 3.05) is 6.54 Å². The first-order chi connectivity index (χ1) is 5.70. The molecule has 0 aromatic heterocycles. The Labute approximate surface area is 71.7 Å². The first kappa shape index (κ1) is 10.9. The molecule has 0 heterocycles. The van der Waals surface area contributed by atoms with Crippen molar-refractivity contribution >= 4 is 11.8 Å². The van der Waals surface area contributed by atoms with Gasteiger partial charge in [-0.2, -0.15) is 0 Å². The standard InChI is InChI=1S/C7H15N3O2/c1-2-3-6(11)9-5-4-7(12)10-8/h2-5,8H2,1H3,(H,9,11)(H,10,12). The molecule has 0 aromatic rings. The minimum atomic E-state index is -0.271. The van der Waals surface area contributed by atoms with Crippen LogP contribution < -0.4 is 16.6 Å². The summed E-state index contributed by atoms with van der Waals surface area (Å²) in [6.07, 6.45) is 1.55. The van der Waals surface area contributed by atoms with Gasteiger partial charge in [0, 0.05) is 19.4 Å². The molecule has 5 heteroatoms. The van der Waals surface area contributed by atoms with Crippen molar-refractivity contribution in [3.63, 3.8) is 0 Å². The molecule has 0 unspecified atom stereocenters. The zero-order chi connectivity index (χ0) is 9.40. The first-order valence-corrected chi connectivity index (χ1v) is 3.96. The maximum absolute atomic E-state index is 10.8. The highest BCUT2D eigenvalue weighted by molar-refractivity contribution is 5.78. The third kappa shape index (κ3) is 5.67. The van der Waals surface area contributed by atoms with Crippen molar-refractivity contribution < 1.29 is 9.59 Å². The van der Waals surface area contributed by atoms with Crippen LogP contribution in [0.2, 0.25) is 0 Å². The second kappa shape index (κ2) is 6.60. The van der Waals surface area contributed by atoms with Crippen molar-refractivity contribution in [1.29, 1.82) is 0 Å². The van der Waals surface area contributed by atoms with E-state index in [1.807, 2.05) is 12.3 Å². The van der Waals surface area contributed by atoms with Gasteiger partial charge in [-0.1, -0.05) is 6.92 Å². The lowest BCUT2D eigenvalue weighted by atomic mass is 10.3. The minimum absolute atomic E-state index is 0.0256. The molecule has 0 aliphatic heterocycles. The summed E-state index contributed by atoms with van der Waals surface area (Å²) in [4.78, 5) is 21.4. The lowest BCUT2D eigenvalue weighted by Crippen LogP contribution is -2.34. The van der Waals surface area contributed by atoms with Gasteiger partial charge in [-0.25, -0.2) is 5.84 Å². The molecule has 0 rings (SSSR count). The Hall–Kier alpha value is -1.10. The van der Waals surface area contributed by atoms with Gasteiger partial charge in [-0.3, -0.25) is 15.0 Å². The zero-order valence-corrected chi connectivity index (χ0v) is 7.22. The normalized spacial score (nSPS) is 9.17. The second-order valence-corrected chi connectivity index (χ2v) is 2.42. The molecule has 0 saturated heterocycles. The first-order valence-electron chi connectivity index (χ1n) is 3.96. The molecule has 0 spiro atoms. The smallest absolute Gasteiger partial charge is 0.235 e. The van der Waals surface area contributed by atoms with E-state index in [-0.39, 0.29) is 18.2 Å². The van der Waals surface area contributed by atoms with Crippen LogP contribution in [0.5, 0.6) is 0 Å². The van der Waals surface area contributed by atoms with Gasteiger partial charge >= 0.3 is 0 Å². The zero-order valence-electron chi connectivity index (χ0n) is 7.22. The van der Waals surface area contributed by atoms with E-state index in [1.165, 1.54) is 0 Å². The van der Waals surface area contributed by atoms with Gasteiger partial charge in [0.1, 0.15) is 0 Å². The molecule has 0 aromatic carbocycles. The molecule has 2 amide bonds. The topological polar surface area (TPSA) is 84.2 Å². The van der Waals surface area contributed by atoms with E-state index in [0.29, 0.717) is 13.0 Å². The van der Waals surface area contributed by atoms with E-state index in [2.05, 4.69) is 5.32 Å². The molecule has 0 bridgehead atoms. The number of amides is 2. The van der Waals surface area contributed by atoms with Crippen LogP contribution in [-0.2, 0) is 9.59 Å². The predicted molar refractivity (Wildman–Crippen MR) is 44.9 cm³/mol. The summed E-state index contributed by atoms with van der Waals surface area (Å²) in [6, 6.07) is 0. The van der Waals surface area contributed by atoms with Crippen molar-refractivity contribution in [2.45, 2.75) is 26.2 Å². The van der Waals surface area contributed by atoms with Gasteiger partial charge in [-0.15, -0.1) is 0 Å². The van der Waals surface area contributed by atoms with Crippen molar-refractivity contribution in [2.24, 2.45) is 5.84 Å². The molecule has 5 nitrogen and oxygen atoms in total. The lowest BCUT2D eigenvalue weighted by molar-refractivity contribution is -0.122. The summed E-state index contributed by atoms with van der Waals surface area (Å²) in [6.45, 7) is 2.27. The highest BCUT2D eigenvalue weighted by Gasteiger charge is 2.00. The van der Waals surface area contributed by atoms with Gasteiger partial charge in [-0.05, 0) is 6.42 Å². The Morgan fingerprint density at radius 3 is 2.42 bits per heavy atom.